The maximum absolute atomic E-state index is 6.13. The fourth-order valence-electron chi connectivity index (χ4n) is 4.72. The summed E-state index contributed by atoms with van der Waals surface area (Å²) >= 11 is 0. The molecule has 2 aliphatic carbocycles. The highest BCUT2D eigenvalue weighted by atomic mass is 16.5. The number of rotatable bonds is 7. The highest BCUT2D eigenvalue weighted by Gasteiger charge is 2.43. The number of ether oxygens (including phenoxy) is 2. The van der Waals surface area contributed by atoms with E-state index in [9.17, 15) is 0 Å². The van der Waals surface area contributed by atoms with Gasteiger partial charge < -0.3 is 9.47 Å². The van der Waals surface area contributed by atoms with Gasteiger partial charge in [0, 0.05) is 13.7 Å². The summed E-state index contributed by atoms with van der Waals surface area (Å²) in [5, 5.41) is 0. The minimum absolute atomic E-state index is 0.194. The second-order valence-electron chi connectivity index (χ2n) is 7.28. The first kappa shape index (κ1) is 17.3. The molecule has 2 heteroatoms. The number of methoxy groups -OCH3 is 1. The highest BCUT2D eigenvalue weighted by molar-refractivity contribution is 4.95. The lowest BCUT2D eigenvalue weighted by Gasteiger charge is -2.47. The van der Waals surface area contributed by atoms with Crippen molar-refractivity contribution in [2.75, 3.05) is 13.7 Å². The summed E-state index contributed by atoms with van der Waals surface area (Å²) in [6, 6.07) is 0. The Hall–Kier alpha value is -0.0800. The molecule has 2 nitrogen and oxygen atoms in total. The third-order valence-electron chi connectivity index (χ3n) is 6.14. The van der Waals surface area contributed by atoms with E-state index in [0.29, 0.717) is 6.10 Å². The molecule has 0 aromatic carbocycles. The van der Waals surface area contributed by atoms with Gasteiger partial charge in [-0.15, -0.1) is 0 Å². The van der Waals surface area contributed by atoms with E-state index in [-0.39, 0.29) is 5.60 Å². The van der Waals surface area contributed by atoms with Gasteiger partial charge in [0.2, 0.25) is 0 Å². The Labute approximate surface area is 132 Å². The zero-order valence-corrected chi connectivity index (χ0v) is 14.5. The van der Waals surface area contributed by atoms with Crippen LogP contribution >= 0.6 is 0 Å². The van der Waals surface area contributed by atoms with E-state index < -0.39 is 0 Å². The molecule has 0 atom stereocenters. The molecule has 2 rings (SSSR count). The van der Waals surface area contributed by atoms with Crippen molar-refractivity contribution in [3.8, 4) is 0 Å². The Kier molecular flexibility index (Phi) is 7.01. The lowest BCUT2D eigenvalue weighted by molar-refractivity contribution is -0.112. The van der Waals surface area contributed by atoms with Gasteiger partial charge in [-0.05, 0) is 70.1 Å². The molecule has 0 aromatic rings. The van der Waals surface area contributed by atoms with Crippen molar-refractivity contribution in [2.45, 2.75) is 96.2 Å². The first-order valence-corrected chi connectivity index (χ1v) is 9.40. The second-order valence-corrected chi connectivity index (χ2v) is 7.28. The maximum Gasteiger partial charge on any atom is 0.0707 e. The topological polar surface area (TPSA) is 18.5 Å². The van der Waals surface area contributed by atoms with E-state index in [2.05, 4.69) is 13.8 Å². The van der Waals surface area contributed by atoms with Crippen molar-refractivity contribution in [3.63, 3.8) is 0 Å². The van der Waals surface area contributed by atoms with Gasteiger partial charge in [-0.1, -0.05) is 26.2 Å². The normalized spacial score (nSPS) is 37.6. The molecule has 0 aromatic heterocycles. The molecule has 2 fully saturated rings. The third-order valence-corrected chi connectivity index (χ3v) is 6.14. The summed E-state index contributed by atoms with van der Waals surface area (Å²) in [5.41, 5.74) is 0.194. The van der Waals surface area contributed by atoms with E-state index in [1.54, 1.807) is 0 Å². The summed E-state index contributed by atoms with van der Waals surface area (Å²) in [7, 11) is 1.96. The first-order valence-electron chi connectivity index (χ1n) is 9.40. The lowest BCUT2D eigenvalue weighted by atomic mass is 9.66. The highest BCUT2D eigenvalue weighted by Crippen LogP contribution is 2.46. The van der Waals surface area contributed by atoms with Crippen LogP contribution in [0, 0.1) is 11.8 Å². The minimum atomic E-state index is 0.194. The summed E-state index contributed by atoms with van der Waals surface area (Å²) in [4.78, 5) is 0. The average molecular weight is 296 g/mol. The van der Waals surface area contributed by atoms with E-state index in [1.807, 2.05) is 7.11 Å². The molecule has 2 aliphatic rings. The molecule has 0 bridgehead atoms. The molecule has 0 saturated heterocycles. The minimum Gasteiger partial charge on any atom is -0.379 e. The Morgan fingerprint density at radius 1 is 0.952 bits per heavy atom. The summed E-state index contributed by atoms with van der Waals surface area (Å²) in [5.74, 6) is 1.74. The zero-order valence-electron chi connectivity index (χ0n) is 14.5. The van der Waals surface area contributed by atoms with Crippen molar-refractivity contribution in [3.05, 3.63) is 0 Å². The van der Waals surface area contributed by atoms with Crippen LogP contribution in [-0.2, 0) is 9.47 Å². The molecule has 124 valence electrons. The largest absolute Gasteiger partial charge is 0.379 e. The Morgan fingerprint density at radius 3 is 2.14 bits per heavy atom. The molecule has 0 aliphatic heterocycles. The van der Waals surface area contributed by atoms with E-state index in [1.165, 1.54) is 70.6 Å². The third kappa shape index (κ3) is 4.45. The smallest absolute Gasteiger partial charge is 0.0707 e. The Balaban J connectivity index is 1.83. The molecule has 0 spiro atoms. The molecular weight excluding hydrogens is 260 g/mol. The van der Waals surface area contributed by atoms with Crippen LogP contribution in [0.5, 0.6) is 0 Å². The Morgan fingerprint density at radius 2 is 1.62 bits per heavy atom. The fraction of sp³-hybridized carbons (Fsp3) is 1.00. The van der Waals surface area contributed by atoms with Crippen LogP contribution in [0.3, 0.4) is 0 Å². The summed E-state index contributed by atoms with van der Waals surface area (Å²) in [6.07, 6.45) is 15.1. The van der Waals surface area contributed by atoms with Crippen LogP contribution in [-0.4, -0.2) is 25.4 Å². The van der Waals surface area contributed by atoms with Gasteiger partial charge in [-0.3, -0.25) is 0 Å². The van der Waals surface area contributed by atoms with Gasteiger partial charge in [-0.25, -0.2) is 0 Å². The maximum atomic E-state index is 6.13. The predicted molar refractivity (Wildman–Crippen MR) is 88.6 cm³/mol. The van der Waals surface area contributed by atoms with Crippen LogP contribution in [0.4, 0.5) is 0 Å². The van der Waals surface area contributed by atoms with Crippen LogP contribution in [0.15, 0.2) is 0 Å². The number of unbranched alkanes of at least 4 members (excludes halogenated alkanes) is 1. The van der Waals surface area contributed by atoms with E-state index in [0.717, 1.165) is 18.4 Å². The lowest BCUT2D eigenvalue weighted by Crippen LogP contribution is -2.45. The monoisotopic (exact) mass is 296 g/mol. The SMILES string of the molecule is CCCC[C@H]1CC[C@@](OC)([C@H]2CC[C@H](OCC)CC2)CC1. The molecule has 0 radical (unpaired) electrons. The molecule has 0 N–H and O–H groups in total. The Bertz CT molecular complexity index is 273. The van der Waals surface area contributed by atoms with Gasteiger partial charge in [0.15, 0.2) is 0 Å². The number of hydrogen-bond acceptors (Lipinski definition) is 2. The fourth-order valence-corrected chi connectivity index (χ4v) is 4.72. The molecule has 0 heterocycles. The summed E-state index contributed by atoms with van der Waals surface area (Å²) < 4.78 is 11.9. The molecule has 2 saturated carbocycles. The van der Waals surface area contributed by atoms with Crippen molar-refractivity contribution in [1.29, 1.82) is 0 Å². The van der Waals surface area contributed by atoms with Crippen molar-refractivity contribution in [1.82, 2.24) is 0 Å². The second kappa shape index (κ2) is 8.53. The number of hydrogen-bond donors (Lipinski definition) is 0. The zero-order chi connectivity index (χ0) is 15.1. The van der Waals surface area contributed by atoms with Gasteiger partial charge >= 0.3 is 0 Å². The average Bonchev–Trinajstić information content (AvgIpc) is 2.54. The van der Waals surface area contributed by atoms with Crippen LogP contribution in [0.25, 0.3) is 0 Å². The first-order chi connectivity index (χ1) is 10.2. The van der Waals surface area contributed by atoms with E-state index >= 15 is 0 Å². The standard InChI is InChI=1S/C19H36O2/c1-4-6-7-16-12-14-19(20-3,15-13-16)17-8-10-18(11-9-17)21-5-2/h16-18H,4-15H2,1-3H3/t16-,17-,18-,19-. The molecule has 0 unspecified atom stereocenters. The molecule has 21 heavy (non-hydrogen) atoms. The molecular formula is C19H36O2. The molecule has 0 amide bonds. The quantitative estimate of drug-likeness (QED) is 0.630. The predicted octanol–water partition coefficient (Wildman–Crippen LogP) is 5.35. The van der Waals surface area contributed by atoms with Crippen LogP contribution in [0.2, 0.25) is 0 Å². The van der Waals surface area contributed by atoms with Crippen LogP contribution < -0.4 is 0 Å². The van der Waals surface area contributed by atoms with Gasteiger partial charge in [0.1, 0.15) is 0 Å². The van der Waals surface area contributed by atoms with Crippen LogP contribution in [0.1, 0.15) is 84.5 Å². The van der Waals surface area contributed by atoms with Gasteiger partial charge in [-0.2, -0.15) is 0 Å². The van der Waals surface area contributed by atoms with E-state index in [4.69, 9.17) is 9.47 Å². The summed E-state index contributed by atoms with van der Waals surface area (Å²) in [6.45, 7) is 5.28. The van der Waals surface area contributed by atoms with Crippen molar-refractivity contribution >= 4 is 0 Å². The van der Waals surface area contributed by atoms with Crippen molar-refractivity contribution in [2.24, 2.45) is 11.8 Å². The van der Waals surface area contributed by atoms with Gasteiger partial charge in [0.25, 0.3) is 0 Å². The van der Waals surface area contributed by atoms with Crippen molar-refractivity contribution < 1.29 is 9.47 Å². The van der Waals surface area contributed by atoms with Gasteiger partial charge in [0.05, 0.1) is 11.7 Å².